The van der Waals surface area contributed by atoms with E-state index in [1.54, 1.807) is 24.3 Å². The summed E-state index contributed by atoms with van der Waals surface area (Å²) in [4.78, 5) is 12.3. The number of hydrogen-bond donors (Lipinski definition) is 0. The average Bonchev–Trinajstić information content (AvgIpc) is 2.56. The van der Waals surface area contributed by atoms with E-state index in [2.05, 4.69) is 20.8 Å². The van der Waals surface area contributed by atoms with Gasteiger partial charge in [-0.2, -0.15) is 0 Å². The van der Waals surface area contributed by atoms with Crippen molar-refractivity contribution in [3.63, 3.8) is 0 Å². The molecule has 0 fully saturated rings. The molecule has 2 aromatic rings. The molecule has 0 unspecified atom stereocenters. The molecule has 23 heavy (non-hydrogen) atoms. The highest BCUT2D eigenvalue weighted by atomic mass is 16.5. The highest BCUT2D eigenvalue weighted by Gasteiger charge is 2.13. The smallest absolute Gasteiger partial charge is 0.343 e. The van der Waals surface area contributed by atoms with Crippen LogP contribution in [-0.4, -0.2) is 12.6 Å². The average molecular weight is 312 g/mol. The van der Waals surface area contributed by atoms with Gasteiger partial charge in [0.25, 0.3) is 0 Å². The van der Waals surface area contributed by atoms with Gasteiger partial charge in [0.1, 0.15) is 11.5 Å². The third kappa shape index (κ3) is 4.85. The lowest BCUT2D eigenvalue weighted by Gasteiger charge is -2.12. The summed E-state index contributed by atoms with van der Waals surface area (Å²) in [5.74, 6) is 1.35. The molecule has 0 aliphatic carbocycles. The van der Waals surface area contributed by atoms with Crippen LogP contribution in [0.15, 0.2) is 48.5 Å². The molecule has 122 valence electrons. The van der Waals surface area contributed by atoms with E-state index in [-0.39, 0.29) is 5.97 Å². The maximum absolute atomic E-state index is 12.3. The van der Waals surface area contributed by atoms with Crippen molar-refractivity contribution in [3.05, 3.63) is 59.7 Å². The van der Waals surface area contributed by atoms with Gasteiger partial charge in [0.2, 0.25) is 0 Å². The summed E-state index contributed by atoms with van der Waals surface area (Å²) < 4.78 is 11.1. The van der Waals surface area contributed by atoms with Crippen molar-refractivity contribution in [2.24, 2.45) is 0 Å². The minimum atomic E-state index is -0.349. The van der Waals surface area contributed by atoms with Gasteiger partial charge in [-0.05, 0) is 48.2 Å². The molecule has 0 atom stereocenters. The van der Waals surface area contributed by atoms with Gasteiger partial charge >= 0.3 is 5.97 Å². The van der Waals surface area contributed by atoms with Gasteiger partial charge in [-0.15, -0.1) is 0 Å². The fraction of sp³-hybridized carbons (Fsp3) is 0.350. The maximum Gasteiger partial charge on any atom is 0.343 e. The van der Waals surface area contributed by atoms with Gasteiger partial charge in [0.05, 0.1) is 12.2 Å². The first-order valence-corrected chi connectivity index (χ1v) is 8.15. The van der Waals surface area contributed by atoms with Gasteiger partial charge in [-0.1, -0.05) is 45.4 Å². The van der Waals surface area contributed by atoms with Crippen molar-refractivity contribution < 1.29 is 14.3 Å². The summed E-state index contributed by atoms with van der Waals surface area (Å²) >= 11 is 0. The predicted octanol–water partition coefficient (Wildman–Crippen LogP) is 5.21. The van der Waals surface area contributed by atoms with Crippen LogP contribution >= 0.6 is 0 Å². The molecule has 0 spiro atoms. The Hall–Kier alpha value is -2.29. The van der Waals surface area contributed by atoms with E-state index >= 15 is 0 Å². The molecule has 0 aliphatic rings. The molecule has 0 saturated heterocycles. The van der Waals surface area contributed by atoms with Crippen molar-refractivity contribution in [1.29, 1.82) is 0 Å². The zero-order chi connectivity index (χ0) is 16.7. The van der Waals surface area contributed by atoms with Crippen LogP contribution in [-0.2, 0) is 0 Å². The second-order valence-corrected chi connectivity index (χ2v) is 5.81. The minimum Gasteiger partial charge on any atom is -0.494 e. The SMILES string of the molecule is CCCCOc1ccc(C(=O)Oc2ccccc2C(C)C)cc1. The second kappa shape index (κ2) is 8.37. The standard InChI is InChI=1S/C20H24O3/c1-4-5-14-22-17-12-10-16(11-13-17)20(21)23-19-9-7-6-8-18(19)15(2)3/h6-13,15H,4-5,14H2,1-3H3. The van der Waals surface area contributed by atoms with E-state index in [9.17, 15) is 4.79 Å². The van der Waals surface area contributed by atoms with Crippen LogP contribution in [0.4, 0.5) is 0 Å². The molecule has 0 aliphatic heterocycles. The van der Waals surface area contributed by atoms with Crippen LogP contribution in [0.5, 0.6) is 11.5 Å². The Balaban J connectivity index is 2.04. The number of hydrogen-bond acceptors (Lipinski definition) is 3. The molecule has 0 radical (unpaired) electrons. The molecule has 2 rings (SSSR count). The lowest BCUT2D eigenvalue weighted by atomic mass is 10.0. The van der Waals surface area contributed by atoms with Crippen molar-refractivity contribution in [3.8, 4) is 11.5 Å². The monoisotopic (exact) mass is 312 g/mol. The Bertz CT molecular complexity index is 630. The lowest BCUT2D eigenvalue weighted by molar-refractivity contribution is 0.0733. The van der Waals surface area contributed by atoms with Crippen molar-refractivity contribution >= 4 is 5.97 Å². The molecular weight excluding hydrogens is 288 g/mol. The van der Waals surface area contributed by atoms with Crippen molar-refractivity contribution in [2.45, 2.75) is 39.5 Å². The molecule has 0 saturated carbocycles. The Morgan fingerprint density at radius 3 is 2.39 bits per heavy atom. The van der Waals surface area contributed by atoms with E-state index in [0.717, 1.165) is 24.2 Å². The number of carbonyl (C=O) groups is 1. The Labute approximate surface area is 138 Å². The van der Waals surface area contributed by atoms with Gasteiger partial charge in [-0.3, -0.25) is 0 Å². The van der Waals surface area contributed by atoms with Crippen LogP contribution in [0.3, 0.4) is 0 Å². The van der Waals surface area contributed by atoms with E-state index in [4.69, 9.17) is 9.47 Å². The van der Waals surface area contributed by atoms with Crippen LogP contribution in [0.2, 0.25) is 0 Å². The fourth-order valence-corrected chi connectivity index (χ4v) is 2.23. The van der Waals surface area contributed by atoms with Gasteiger partial charge in [0, 0.05) is 0 Å². The summed E-state index contributed by atoms with van der Waals surface area (Å²) in [6, 6.07) is 14.7. The maximum atomic E-state index is 12.3. The summed E-state index contributed by atoms with van der Waals surface area (Å²) in [5.41, 5.74) is 1.55. The first-order valence-electron chi connectivity index (χ1n) is 8.15. The van der Waals surface area contributed by atoms with E-state index in [0.29, 0.717) is 23.8 Å². The lowest BCUT2D eigenvalue weighted by Crippen LogP contribution is -2.10. The van der Waals surface area contributed by atoms with Crippen LogP contribution < -0.4 is 9.47 Å². The summed E-state index contributed by atoms with van der Waals surface area (Å²) in [5, 5.41) is 0. The topological polar surface area (TPSA) is 35.5 Å². The predicted molar refractivity (Wildman–Crippen MR) is 92.3 cm³/mol. The van der Waals surface area contributed by atoms with Gasteiger partial charge in [0.15, 0.2) is 0 Å². The molecule has 0 N–H and O–H groups in total. The largest absolute Gasteiger partial charge is 0.494 e. The van der Waals surface area contributed by atoms with Crippen LogP contribution in [0.1, 0.15) is 55.5 Å². The van der Waals surface area contributed by atoms with E-state index in [1.807, 2.05) is 24.3 Å². The summed E-state index contributed by atoms with van der Waals surface area (Å²) in [6.45, 7) is 6.98. The molecule has 0 heterocycles. The fourth-order valence-electron chi connectivity index (χ4n) is 2.23. The molecule has 0 aromatic heterocycles. The number of unbranched alkanes of at least 4 members (excludes halogenated alkanes) is 1. The zero-order valence-electron chi connectivity index (χ0n) is 14.0. The second-order valence-electron chi connectivity index (χ2n) is 5.81. The third-order valence-electron chi connectivity index (χ3n) is 3.60. The van der Waals surface area contributed by atoms with Crippen LogP contribution in [0.25, 0.3) is 0 Å². The summed E-state index contributed by atoms with van der Waals surface area (Å²) in [6.07, 6.45) is 2.12. The number of esters is 1. The van der Waals surface area contributed by atoms with Gasteiger partial charge < -0.3 is 9.47 Å². The number of rotatable bonds is 7. The minimum absolute atomic E-state index is 0.299. The molecule has 3 heteroatoms. The molecule has 3 nitrogen and oxygen atoms in total. The first kappa shape index (κ1) is 17.1. The Kier molecular flexibility index (Phi) is 6.21. The molecule has 2 aromatic carbocycles. The number of carbonyl (C=O) groups excluding carboxylic acids is 1. The van der Waals surface area contributed by atoms with E-state index in [1.165, 1.54) is 0 Å². The van der Waals surface area contributed by atoms with Crippen LogP contribution in [0, 0.1) is 0 Å². The summed E-state index contributed by atoms with van der Waals surface area (Å²) in [7, 11) is 0. The number of ether oxygens (including phenoxy) is 2. The molecular formula is C20H24O3. The zero-order valence-corrected chi connectivity index (χ0v) is 14.0. The van der Waals surface area contributed by atoms with Crippen molar-refractivity contribution in [2.75, 3.05) is 6.61 Å². The van der Waals surface area contributed by atoms with E-state index < -0.39 is 0 Å². The molecule has 0 bridgehead atoms. The third-order valence-corrected chi connectivity index (χ3v) is 3.60. The number of benzene rings is 2. The molecule has 0 amide bonds. The highest BCUT2D eigenvalue weighted by Crippen LogP contribution is 2.26. The highest BCUT2D eigenvalue weighted by molar-refractivity contribution is 5.91. The van der Waals surface area contributed by atoms with Crippen molar-refractivity contribution in [1.82, 2.24) is 0 Å². The quantitative estimate of drug-likeness (QED) is 0.400. The Morgan fingerprint density at radius 2 is 1.74 bits per heavy atom. The van der Waals surface area contributed by atoms with Gasteiger partial charge in [-0.25, -0.2) is 4.79 Å². The number of para-hydroxylation sites is 1. The first-order chi connectivity index (χ1) is 11.1. The Morgan fingerprint density at radius 1 is 1.04 bits per heavy atom. The normalized spacial score (nSPS) is 10.6.